The van der Waals surface area contributed by atoms with Crippen molar-refractivity contribution in [1.29, 1.82) is 0 Å². The lowest BCUT2D eigenvalue weighted by molar-refractivity contribution is -0.384. The zero-order chi connectivity index (χ0) is 24.0. The number of methoxy groups -OCH3 is 1. The molecule has 9 heteroatoms. The molecule has 9 nitrogen and oxygen atoms in total. The molecule has 1 N–H and O–H groups in total. The summed E-state index contributed by atoms with van der Waals surface area (Å²) >= 11 is 0. The number of carbonyl (C=O) groups is 3. The second-order valence-corrected chi connectivity index (χ2v) is 8.89. The molecule has 4 unspecified atom stereocenters. The average Bonchev–Trinajstić information content (AvgIpc) is 3.12. The molecule has 2 aromatic carbocycles. The number of fused-ring (bicyclic) bond motifs is 1. The Balaban J connectivity index is 1.29. The molecule has 2 bridgehead atoms. The molecule has 3 aliphatic carbocycles. The van der Waals surface area contributed by atoms with Crippen LogP contribution in [0.1, 0.15) is 18.4 Å². The van der Waals surface area contributed by atoms with Crippen LogP contribution >= 0.6 is 0 Å². The van der Waals surface area contributed by atoms with Gasteiger partial charge >= 0.3 is 0 Å². The minimum atomic E-state index is -0.549. The highest BCUT2D eigenvalue weighted by molar-refractivity contribution is 6.22. The Hall–Kier alpha value is -4.01. The van der Waals surface area contributed by atoms with Gasteiger partial charge in [0.15, 0.2) is 0 Å². The monoisotopic (exact) mass is 461 g/mol. The van der Waals surface area contributed by atoms with Gasteiger partial charge in [-0.2, -0.15) is 0 Å². The lowest BCUT2D eigenvalue weighted by Crippen LogP contribution is -2.38. The number of benzene rings is 2. The lowest BCUT2D eigenvalue weighted by Gasteiger charge is -2.38. The molecular formula is C25H23N3O6. The smallest absolute Gasteiger partial charge is 0.271 e. The second-order valence-electron chi connectivity index (χ2n) is 8.89. The van der Waals surface area contributed by atoms with Crippen molar-refractivity contribution in [2.45, 2.75) is 19.3 Å². The first kappa shape index (κ1) is 21.8. The summed E-state index contributed by atoms with van der Waals surface area (Å²) < 4.78 is 5.17. The third-order valence-electron chi connectivity index (χ3n) is 6.99. The van der Waals surface area contributed by atoms with Gasteiger partial charge in [0.2, 0.25) is 17.7 Å². The van der Waals surface area contributed by atoms with E-state index < -0.39 is 4.92 Å². The van der Waals surface area contributed by atoms with E-state index in [2.05, 4.69) is 17.5 Å². The molecule has 6 rings (SSSR count). The fourth-order valence-electron chi connectivity index (χ4n) is 5.38. The number of nitro benzene ring substituents is 1. The van der Waals surface area contributed by atoms with Crippen LogP contribution in [0.15, 0.2) is 54.6 Å². The molecule has 0 aromatic heterocycles. The summed E-state index contributed by atoms with van der Waals surface area (Å²) in [5, 5.41) is 13.7. The van der Waals surface area contributed by atoms with Crippen LogP contribution in [0.3, 0.4) is 0 Å². The molecule has 174 valence electrons. The minimum absolute atomic E-state index is 0.00728. The van der Waals surface area contributed by atoms with E-state index in [4.69, 9.17) is 4.74 Å². The number of carbonyl (C=O) groups excluding carboxylic acids is 3. The number of anilines is 2. The highest BCUT2D eigenvalue weighted by Crippen LogP contribution is 2.50. The van der Waals surface area contributed by atoms with Gasteiger partial charge < -0.3 is 10.1 Å². The van der Waals surface area contributed by atoms with Crippen LogP contribution in [-0.4, -0.2) is 29.8 Å². The van der Waals surface area contributed by atoms with Crippen molar-refractivity contribution in [2.24, 2.45) is 23.7 Å². The third-order valence-corrected chi connectivity index (χ3v) is 6.99. The zero-order valence-electron chi connectivity index (χ0n) is 18.5. The maximum absolute atomic E-state index is 13.1. The molecule has 2 aromatic rings. The molecule has 34 heavy (non-hydrogen) atoms. The van der Waals surface area contributed by atoms with Crippen LogP contribution < -0.4 is 15.0 Å². The first-order valence-electron chi connectivity index (χ1n) is 11.1. The summed E-state index contributed by atoms with van der Waals surface area (Å²) in [6, 6.07) is 10.7. The van der Waals surface area contributed by atoms with Crippen molar-refractivity contribution in [3.63, 3.8) is 0 Å². The molecule has 0 spiro atoms. The maximum atomic E-state index is 13.1. The summed E-state index contributed by atoms with van der Waals surface area (Å²) in [5.41, 5.74) is 1.22. The van der Waals surface area contributed by atoms with Crippen molar-refractivity contribution in [3.8, 4) is 5.75 Å². The van der Waals surface area contributed by atoms with Crippen LogP contribution in [-0.2, 0) is 20.8 Å². The predicted octanol–water partition coefficient (Wildman–Crippen LogP) is 3.49. The number of allylic oxidation sites excluding steroid dienone is 2. The Morgan fingerprint density at radius 2 is 1.68 bits per heavy atom. The molecule has 3 amide bonds. The standard InChI is InChI=1S/C25H23N3O6/c1-34-20-11-10-18(28(32)33)13-19(20)26-21(29)12-14-2-8-17(9-3-14)27-24(30)22-15-4-5-16(7-6-15)23(22)25(27)31/h2-5,8-11,13,15-16,22-23H,6-7,12H2,1H3,(H,26,29). The highest BCUT2D eigenvalue weighted by atomic mass is 16.6. The maximum Gasteiger partial charge on any atom is 0.271 e. The van der Waals surface area contributed by atoms with Crippen molar-refractivity contribution >= 4 is 34.8 Å². The summed E-state index contributed by atoms with van der Waals surface area (Å²) in [6.45, 7) is 0. The van der Waals surface area contributed by atoms with Gasteiger partial charge in [-0.3, -0.25) is 29.4 Å². The molecule has 1 saturated carbocycles. The van der Waals surface area contributed by atoms with Crippen molar-refractivity contribution < 1.29 is 24.0 Å². The van der Waals surface area contributed by atoms with Gasteiger partial charge in [-0.1, -0.05) is 24.3 Å². The summed E-state index contributed by atoms with van der Waals surface area (Å²) in [6.07, 6.45) is 6.06. The fourth-order valence-corrected chi connectivity index (χ4v) is 5.38. The first-order chi connectivity index (χ1) is 16.4. The Kier molecular flexibility index (Phi) is 5.39. The minimum Gasteiger partial charge on any atom is -0.495 e. The van der Waals surface area contributed by atoms with Gasteiger partial charge in [0.1, 0.15) is 5.75 Å². The van der Waals surface area contributed by atoms with Gasteiger partial charge in [0.25, 0.3) is 5.69 Å². The van der Waals surface area contributed by atoms with Crippen molar-refractivity contribution in [2.75, 3.05) is 17.3 Å². The molecule has 1 saturated heterocycles. The van der Waals surface area contributed by atoms with E-state index in [0.717, 1.165) is 12.8 Å². The molecular weight excluding hydrogens is 438 g/mol. The van der Waals surface area contributed by atoms with Gasteiger partial charge in [-0.25, -0.2) is 0 Å². The van der Waals surface area contributed by atoms with Crippen LogP contribution in [0.4, 0.5) is 17.1 Å². The second kappa shape index (κ2) is 8.40. The number of hydrogen-bond acceptors (Lipinski definition) is 6. The summed E-state index contributed by atoms with van der Waals surface area (Å²) in [4.78, 5) is 50.5. The van der Waals surface area contributed by atoms with E-state index in [1.54, 1.807) is 24.3 Å². The Morgan fingerprint density at radius 3 is 2.21 bits per heavy atom. The number of non-ortho nitro benzene ring substituents is 1. The number of hydrogen-bond donors (Lipinski definition) is 1. The Bertz CT molecular complexity index is 1190. The molecule has 4 aliphatic rings. The van der Waals surface area contributed by atoms with Gasteiger partial charge in [0.05, 0.1) is 41.7 Å². The number of ether oxygens (including phenoxy) is 1. The highest BCUT2D eigenvalue weighted by Gasteiger charge is 2.56. The summed E-state index contributed by atoms with van der Waals surface area (Å²) in [5.74, 6) is -0.637. The van der Waals surface area contributed by atoms with Crippen LogP contribution in [0.25, 0.3) is 0 Å². The van der Waals surface area contributed by atoms with E-state index in [0.29, 0.717) is 17.0 Å². The topological polar surface area (TPSA) is 119 Å². The van der Waals surface area contributed by atoms with E-state index in [9.17, 15) is 24.5 Å². The fraction of sp³-hybridized carbons (Fsp3) is 0.320. The lowest BCUT2D eigenvalue weighted by atomic mass is 9.63. The zero-order valence-corrected chi connectivity index (χ0v) is 18.5. The van der Waals surface area contributed by atoms with E-state index in [1.165, 1.54) is 30.2 Å². The quantitative estimate of drug-likeness (QED) is 0.304. The van der Waals surface area contributed by atoms with Gasteiger partial charge in [-0.15, -0.1) is 0 Å². The van der Waals surface area contributed by atoms with Crippen LogP contribution in [0, 0.1) is 33.8 Å². The first-order valence-corrected chi connectivity index (χ1v) is 11.1. The average molecular weight is 461 g/mol. The number of amides is 3. The number of nitrogens with one attached hydrogen (secondary N) is 1. The number of nitrogens with zero attached hydrogens (tertiary/aromatic N) is 2. The van der Waals surface area contributed by atoms with E-state index in [-0.39, 0.29) is 59.2 Å². The van der Waals surface area contributed by atoms with Crippen molar-refractivity contribution in [1.82, 2.24) is 0 Å². The number of imide groups is 1. The van der Waals surface area contributed by atoms with Gasteiger partial charge in [0, 0.05) is 12.1 Å². The van der Waals surface area contributed by atoms with Crippen LogP contribution in [0.5, 0.6) is 5.75 Å². The molecule has 1 heterocycles. The number of rotatable bonds is 6. The molecule has 1 aliphatic heterocycles. The normalized spacial score (nSPS) is 24.8. The van der Waals surface area contributed by atoms with Crippen molar-refractivity contribution in [3.05, 3.63) is 70.3 Å². The molecule has 2 fully saturated rings. The molecule has 4 atom stereocenters. The largest absolute Gasteiger partial charge is 0.495 e. The Labute approximate surface area is 195 Å². The van der Waals surface area contributed by atoms with Gasteiger partial charge in [-0.05, 0) is 48.4 Å². The van der Waals surface area contributed by atoms with E-state index in [1.807, 2.05) is 0 Å². The third kappa shape index (κ3) is 3.63. The van der Waals surface area contributed by atoms with E-state index >= 15 is 0 Å². The summed E-state index contributed by atoms with van der Waals surface area (Å²) in [7, 11) is 1.41. The predicted molar refractivity (Wildman–Crippen MR) is 123 cm³/mol. The SMILES string of the molecule is COc1ccc([N+](=O)[O-])cc1NC(=O)Cc1ccc(N2C(=O)C3C4C=CC(CC4)C3C2=O)cc1. The Morgan fingerprint density at radius 1 is 1.06 bits per heavy atom. The van der Waals surface area contributed by atoms with Crippen LogP contribution in [0.2, 0.25) is 0 Å². The molecule has 0 radical (unpaired) electrons. The number of nitro groups is 1.